The van der Waals surface area contributed by atoms with Crippen molar-refractivity contribution in [2.24, 2.45) is 7.05 Å². The molecule has 2 aromatic heterocycles. The Morgan fingerprint density at radius 2 is 1.87 bits per heavy atom. The number of rotatable bonds is 8. The predicted octanol–water partition coefficient (Wildman–Crippen LogP) is 4.15. The number of carbonyl (C=O) groups is 1. The van der Waals surface area contributed by atoms with E-state index in [1.54, 1.807) is 37.0 Å². The van der Waals surface area contributed by atoms with Crippen molar-refractivity contribution < 1.29 is 18.7 Å². The highest BCUT2D eigenvalue weighted by Crippen LogP contribution is 2.28. The number of morpholine rings is 1. The number of carbonyl (C=O) groups excluding carboxylic acids is 1. The predicted molar refractivity (Wildman–Crippen MR) is 144 cm³/mol. The molecule has 38 heavy (non-hydrogen) atoms. The molecule has 0 N–H and O–H groups in total. The van der Waals surface area contributed by atoms with Crippen LogP contribution >= 0.6 is 0 Å². The molecule has 1 aliphatic heterocycles. The van der Waals surface area contributed by atoms with Gasteiger partial charge in [-0.05, 0) is 55.3 Å². The van der Waals surface area contributed by atoms with Crippen LogP contribution in [-0.4, -0.2) is 65.5 Å². The number of fused-ring (bicyclic) bond motifs is 1. The Bertz CT molecular complexity index is 1430. The molecule has 9 heteroatoms. The molecule has 4 aromatic rings. The van der Waals surface area contributed by atoms with Crippen molar-refractivity contribution in [2.45, 2.75) is 19.9 Å². The molecule has 1 fully saturated rings. The Kier molecular flexibility index (Phi) is 7.55. The van der Waals surface area contributed by atoms with E-state index in [4.69, 9.17) is 14.5 Å². The zero-order valence-electron chi connectivity index (χ0n) is 22.0. The third kappa shape index (κ3) is 5.62. The van der Waals surface area contributed by atoms with Crippen LogP contribution in [-0.2, 0) is 24.8 Å². The topological polar surface area (TPSA) is 72.7 Å². The summed E-state index contributed by atoms with van der Waals surface area (Å²) < 4.78 is 26.1. The summed E-state index contributed by atoms with van der Waals surface area (Å²) in [4.78, 5) is 22.9. The molecule has 1 amide bonds. The number of amides is 1. The van der Waals surface area contributed by atoms with Gasteiger partial charge < -0.3 is 19.3 Å². The molecule has 0 bridgehead atoms. The standard InChI is InChI=1S/C29H32FN5O3/c1-20-16-27(33(2)32-20)29(36)35(11-10-21-4-7-24(30)8-5-21)19-23-17-22-6-9-25(37-3)18-26(22)31-28(23)34-12-14-38-15-13-34/h4-9,16-18H,10-15,19H2,1-3H3. The number of ether oxygens (including phenoxy) is 2. The molecule has 5 rings (SSSR count). The number of hydrogen-bond donors (Lipinski definition) is 0. The summed E-state index contributed by atoms with van der Waals surface area (Å²) in [6, 6.07) is 16.2. The smallest absolute Gasteiger partial charge is 0.272 e. The minimum absolute atomic E-state index is 0.113. The van der Waals surface area contributed by atoms with Crippen molar-refractivity contribution in [1.29, 1.82) is 0 Å². The first-order valence-electron chi connectivity index (χ1n) is 12.8. The number of aromatic nitrogens is 3. The minimum atomic E-state index is -0.277. The van der Waals surface area contributed by atoms with Crippen LogP contribution in [0.2, 0.25) is 0 Å². The van der Waals surface area contributed by atoms with Crippen molar-refractivity contribution >= 4 is 22.6 Å². The normalized spacial score (nSPS) is 13.6. The third-order valence-electron chi connectivity index (χ3n) is 6.84. The molecule has 198 valence electrons. The Balaban J connectivity index is 1.52. The van der Waals surface area contributed by atoms with Gasteiger partial charge in [0, 0.05) is 50.2 Å². The first-order chi connectivity index (χ1) is 18.4. The molecule has 1 saturated heterocycles. The largest absolute Gasteiger partial charge is 0.497 e. The molecular formula is C29H32FN5O3. The molecule has 0 saturated carbocycles. The van der Waals surface area contributed by atoms with E-state index in [9.17, 15) is 9.18 Å². The maximum atomic E-state index is 13.8. The number of halogens is 1. The minimum Gasteiger partial charge on any atom is -0.497 e. The molecule has 8 nitrogen and oxygen atoms in total. The number of benzene rings is 2. The van der Waals surface area contributed by atoms with E-state index in [0.717, 1.165) is 52.4 Å². The highest BCUT2D eigenvalue weighted by Gasteiger charge is 2.24. The van der Waals surface area contributed by atoms with Gasteiger partial charge >= 0.3 is 0 Å². The fourth-order valence-electron chi connectivity index (χ4n) is 4.82. The van der Waals surface area contributed by atoms with Gasteiger partial charge in [-0.15, -0.1) is 0 Å². The third-order valence-corrected chi connectivity index (χ3v) is 6.84. The van der Waals surface area contributed by atoms with E-state index in [0.29, 0.717) is 38.4 Å². The van der Waals surface area contributed by atoms with Gasteiger partial charge in [-0.3, -0.25) is 9.48 Å². The highest BCUT2D eigenvalue weighted by atomic mass is 19.1. The van der Waals surface area contributed by atoms with Gasteiger partial charge in [0.05, 0.1) is 31.5 Å². The molecule has 0 atom stereocenters. The second-order valence-electron chi connectivity index (χ2n) is 9.53. The lowest BCUT2D eigenvalue weighted by Crippen LogP contribution is -2.39. The summed E-state index contributed by atoms with van der Waals surface area (Å²) in [5, 5.41) is 5.35. The quantitative estimate of drug-likeness (QED) is 0.350. The summed E-state index contributed by atoms with van der Waals surface area (Å²) in [5.74, 6) is 1.20. The molecule has 0 spiro atoms. The van der Waals surface area contributed by atoms with Crippen LogP contribution < -0.4 is 9.64 Å². The van der Waals surface area contributed by atoms with Crippen LogP contribution in [0.5, 0.6) is 5.75 Å². The molecule has 2 aromatic carbocycles. The molecule has 1 aliphatic rings. The van der Waals surface area contributed by atoms with Gasteiger partial charge in [0.15, 0.2) is 0 Å². The lowest BCUT2D eigenvalue weighted by atomic mass is 10.1. The first-order valence-corrected chi connectivity index (χ1v) is 12.8. The van der Waals surface area contributed by atoms with Crippen LogP contribution in [0.4, 0.5) is 10.2 Å². The summed E-state index contributed by atoms with van der Waals surface area (Å²) in [6.07, 6.45) is 0.591. The van der Waals surface area contributed by atoms with Crippen LogP contribution in [0.1, 0.15) is 27.3 Å². The van der Waals surface area contributed by atoms with Gasteiger partial charge in [0.25, 0.3) is 5.91 Å². The Labute approximate surface area is 221 Å². The lowest BCUT2D eigenvalue weighted by Gasteiger charge is -2.31. The molecule has 0 unspecified atom stereocenters. The molecule has 3 heterocycles. The molecule has 0 radical (unpaired) electrons. The summed E-state index contributed by atoms with van der Waals surface area (Å²) >= 11 is 0. The van der Waals surface area contributed by atoms with E-state index in [1.807, 2.05) is 30.0 Å². The van der Waals surface area contributed by atoms with E-state index < -0.39 is 0 Å². The zero-order valence-corrected chi connectivity index (χ0v) is 22.0. The number of methoxy groups -OCH3 is 1. The first kappa shape index (κ1) is 25.7. The number of nitrogens with zero attached hydrogens (tertiary/aromatic N) is 5. The average molecular weight is 518 g/mol. The molecule has 0 aliphatic carbocycles. The number of hydrogen-bond acceptors (Lipinski definition) is 6. The monoisotopic (exact) mass is 517 g/mol. The van der Waals surface area contributed by atoms with Crippen molar-refractivity contribution in [2.75, 3.05) is 44.9 Å². The SMILES string of the molecule is COc1ccc2cc(CN(CCc3ccc(F)cc3)C(=O)c3cc(C)nn3C)c(N3CCOCC3)nc2c1. The van der Waals surface area contributed by atoms with Gasteiger partial charge in [-0.2, -0.15) is 5.10 Å². The summed E-state index contributed by atoms with van der Waals surface area (Å²) in [7, 11) is 3.42. The van der Waals surface area contributed by atoms with E-state index in [1.165, 1.54) is 12.1 Å². The fourth-order valence-corrected chi connectivity index (χ4v) is 4.82. The lowest BCUT2D eigenvalue weighted by molar-refractivity contribution is 0.0733. The van der Waals surface area contributed by atoms with Gasteiger partial charge in [0.1, 0.15) is 23.1 Å². The van der Waals surface area contributed by atoms with Gasteiger partial charge in [-0.1, -0.05) is 12.1 Å². The second-order valence-corrected chi connectivity index (χ2v) is 9.53. The Morgan fingerprint density at radius 3 is 2.55 bits per heavy atom. The van der Waals surface area contributed by atoms with E-state index in [-0.39, 0.29) is 11.7 Å². The fraction of sp³-hybridized carbons (Fsp3) is 0.345. The van der Waals surface area contributed by atoms with Crippen molar-refractivity contribution in [1.82, 2.24) is 19.7 Å². The highest BCUT2D eigenvalue weighted by molar-refractivity contribution is 5.93. The number of anilines is 1. The maximum absolute atomic E-state index is 13.8. The van der Waals surface area contributed by atoms with Gasteiger partial charge in [0.2, 0.25) is 0 Å². The second kappa shape index (κ2) is 11.2. The Morgan fingerprint density at radius 1 is 1.11 bits per heavy atom. The van der Waals surface area contributed by atoms with Crippen LogP contribution in [0.15, 0.2) is 54.6 Å². The van der Waals surface area contributed by atoms with E-state index in [2.05, 4.69) is 16.1 Å². The van der Waals surface area contributed by atoms with Crippen LogP contribution in [0.3, 0.4) is 0 Å². The number of aryl methyl sites for hydroxylation is 2. The Hall–Kier alpha value is -3.98. The van der Waals surface area contributed by atoms with Crippen molar-refractivity contribution in [3.05, 3.63) is 82.9 Å². The summed E-state index contributed by atoms with van der Waals surface area (Å²) in [6.45, 7) is 5.39. The van der Waals surface area contributed by atoms with Gasteiger partial charge in [-0.25, -0.2) is 9.37 Å². The van der Waals surface area contributed by atoms with E-state index >= 15 is 0 Å². The number of pyridine rings is 1. The van der Waals surface area contributed by atoms with Crippen molar-refractivity contribution in [3.8, 4) is 5.75 Å². The van der Waals surface area contributed by atoms with Crippen LogP contribution in [0.25, 0.3) is 10.9 Å². The summed E-state index contributed by atoms with van der Waals surface area (Å²) in [5.41, 5.74) is 4.05. The van der Waals surface area contributed by atoms with Crippen molar-refractivity contribution in [3.63, 3.8) is 0 Å². The maximum Gasteiger partial charge on any atom is 0.272 e. The van der Waals surface area contributed by atoms with Crippen LogP contribution in [0, 0.1) is 12.7 Å². The average Bonchev–Trinajstić information content (AvgIpc) is 3.28. The zero-order chi connectivity index (χ0) is 26.6. The molecular weight excluding hydrogens is 485 g/mol.